The van der Waals surface area contributed by atoms with E-state index in [1.807, 2.05) is 6.07 Å². The zero-order valence-electron chi connectivity index (χ0n) is 25.3. The average Bonchev–Trinajstić information content (AvgIpc) is 2.99. The van der Waals surface area contributed by atoms with E-state index in [9.17, 15) is 13.2 Å². The van der Waals surface area contributed by atoms with E-state index in [4.69, 9.17) is 23.2 Å². The minimum absolute atomic E-state index is 0.0338. The van der Waals surface area contributed by atoms with Crippen LogP contribution in [0.2, 0.25) is 10.0 Å². The molecule has 9 heteroatoms. The Morgan fingerprint density at radius 3 is 2.26 bits per heavy atom. The number of nitrogens with zero attached hydrogens (tertiary/aromatic N) is 2. The van der Waals surface area contributed by atoms with Crippen molar-refractivity contribution in [1.82, 2.24) is 10.2 Å². The molecular weight excluding hydrogens is 601 g/mol. The highest BCUT2D eigenvalue weighted by molar-refractivity contribution is 7.92. The number of para-hydroxylation sites is 1. The molecule has 3 aromatic carbocycles. The van der Waals surface area contributed by atoms with Gasteiger partial charge in [0.05, 0.1) is 27.0 Å². The predicted octanol–water partition coefficient (Wildman–Crippen LogP) is 7.24. The number of carbonyl (C=O) groups is 1. The Kier molecular flexibility index (Phi) is 12.0. The first-order valence-corrected chi connectivity index (χ1v) is 17.2. The fourth-order valence-electron chi connectivity index (χ4n) is 6.28. The van der Waals surface area contributed by atoms with Crippen LogP contribution in [0.25, 0.3) is 0 Å². The van der Waals surface area contributed by atoms with Gasteiger partial charge in [-0.05, 0) is 93.4 Å². The fraction of sp³-hybridized carbons (Fsp3) is 0.441. The molecule has 1 N–H and O–H groups in total. The standard InChI is InChI=1S/C34H43Cl2N3O3S/c1-38(2)32(20-15-25-9-5-4-6-10-25)27-16-13-26(14-17-27)21-22-37-34(40)23-28-11-7-8-12-33(28)39(3)43(41,42)29-18-19-30(35)31(36)24-29/h4-12,18-19,24,26-27,32H,13-17,20-23H2,1-3H3,(H,37,40). The molecule has 1 aliphatic rings. The third-order valence-corrected chi connectivity index (χ3v) is 11.3. The van der Waals surface area contributed by atoms with Gasteiger partial charge >= 0.3 is 0 Å². The minimum Gasteiger partial charge on any atom is -0.356 e. The maximum absolute atomic E-state index is 13.3. The Labute approximate surface area is 267 Å². The summed E-state index contributed by atoms with van der Waals surface area (Å²) in [5.74, 6) is 1.21. The Hall–Kier alpha value is -2.58. The maximum atomic E-state index is 13.3. The van der Waals surface area contributed by atoms with Crippen molar-refractivity contribution in [2.24, 2.45) is 11.8 Å². The molecule has 0 heterocycles. The third-order valence-electron chi connectivity index (χ3n) is 8.78. The second-order valence-electron chi connectivity index (χ2n) is 11.8. The number of sulfonamides is 1. The van der Waals surface area contributed by atoms with Crippen LogP contribution in [0.4, 0.5) is 5.69 Å². The van der Waals surface area contributed by atoms with Gasteiger partial charge in [0.15, 0.2) is 0 Å². The van der Waals surface area contributed by atoms with E-state index >= 15 is 0 Å². The number of halogens is 2. The first kappa shape index (κ1) is 33.3. The lowest BCUT2D eigenvalue weighted by Crippen LogP contribution is -2.38. The van der Waals surface area contributed by atoms with Crippen molar-refractivity contribution in [3.63, 3.8) is 0 Å². The van der Waals surface area contributed by atoms with E-state index in [2.05, 4.69) is 54.6 Å². The molecule has 1 unspecified atom stereocenters. The highest BCUT2D eigenvalue weighted by atomic mass is 35.5. The summed E-state index contributed by atoms with van der Waals surface area (Å²) in [6.45, 7) is 0.624. The van der Waals surface area contributed by atoms with Crippen LogP contribution in [0.5, 0.6) is 0 Å². The van der Waals surface area contributed by atoms with Crippen LogP contribution in [0.1, 0.15) is 49.7 Å². The van der Waals surface area contributed by atoms with Gasteiger partial charge in [-0.3, -0.25) is 9.10 Å². The molecule has 43 heavy (non-hydrogen) atoms. The number of hydrogen-bond donors (Lipinski definition) is 1. The largest absolute Gasteiger partial charge is 0.356 e. The number of hydrogen-bond acceptors (Lipinski definition) is 4. The van der Waals surface area contributed by atoms with Crippen molar-refractivity contribution in [1.29, 1.82) is 0 Å². The molecule has 1 aliphatic carbocycles. The molecular formula is C34H43Cl2N3O3S. The maximum Gasteiger partial charge on any atom is 0.264 e. The first-order valence-electron chi connectivity index (χ1n) is 15.0. The van der Waals surface area contributed by atoms with Gasteiger partial charge < -0.3 is 10.2 Å². The summed E-state index contributed by atoms with van der Waals surface area (Å²) in [6, 6.07) is 22.6. The number of rotatable bonds is 13. The van der Waals surface area contributed by atoms with E-state index < -0.39 is 10.0 Å². The SMILES string of the molecule is CN(C)C(CCc1ccccc1)C1CCC(CCNC(=O)Cc2ccccc2N(C)S(=O)(=O)c2ccc(Cl)c(Cl)c2)CC1. The van der Waals surface area contributed by atoms with Crippen molar-refractivity contribution in [3.05, 3.63) is 94.0 Å². The third kappa shape index (κ3) is 8.98. The van der Waals surface area contributed by atoms with E-state index in [1.165, 1.54) is 67.2 Å². The molecule has 0 aromatic heterocycles. The lowest BCUT2D eigenvalue weighted by molar-refractivity contribution is -0.120. The molecule has 3 aromatic rings. The van der Waals surface area contributed by atoms with Gasteiger partial charge in [-0.2, -0.15) is 0 Å². The average molecular weight is 645 g/mol. The van der Waals surface area contributed by atoms with Gasteiger partial charge in [0.25, 0.3) is 10.0 Å². The zero-order valence-corrected chi connectivity index (χ0v) is 27.6. The van der Waals surface area contributed by atoms with Gasteiger partial charge in [0.2, 0.25) is 5.91 Å². The molecule has 1 amide bonds. The highest BCUT2D eigenvalue weighted by Crippen LogP contribution is 2.35. The Bertz CT molecular complexity index is 1460. The summed E-state index contributed by atoms with van der Waals surface area (Å²) in [5.41, 5.74) is 2.49. The summed E-state index contributed by atoms with van der Waals surface area (Å²) in [5, 5.41) is 3.52. The lowest BCUT2D eigenvalue weighted by Gasteiger charge is -2.37. The monoisotopic (exact) mass is 643 g/mol. The normalized spacial score (nSPS) is 17.9. The van der Waals surface area contributed by atoms with Gasteiger partial charge in [0, 0.05) is 19.6 Å². The summed E-state index contributed by atoms with van der Waals surface area (Å²) in [4.78, 5) is 15.4. The minimum atomic E-state index is -3.90. The molecule has 0 bridgehead atoms. The molecule has 1 saturated carbocycles. The van der Waals surface area contributed by atoms with Gasteiger partial charge in [0.1, 0.15) is 0 Å². The van der Waals surface area contributed by atoms with E-state index in [0.29, 0.717) is 35.7 Å². The molecule has 0 spiro atoms. The Morgan fingerprint density at radius 1 is 0.907 bits per heavy atom. The van der Waals surface area contributed by atoms with Gasteiger partial charge in [-0.1, -0.05) is 84.6 Å². The molecule has 1 atom stereocenters. The number of carbonyl (C=O) groups excluding carboxylic acids is 1. The van der Waals surface area contributed by atoms with Crippen LogP contribution in [-0.4, -0.2) is 53.0 Å². The number of amides is 1. The second kappa shape index (κ2) is 15.4. The summed E-state index contributed by atoms with van der Waals surface area (Å²) in [7, 11) is 1.99. The first-order chi connectivity index (χ1) is 20.6. The fourth-order valence-corrected chi connectivity index (χ4v) is 7.90. The van der Waals surface area contributed by atoms with Crippen LogP contribution >= 0.6 is 23.2 Å². The van der Waals surface area contributed by atoms with E-state index in [-0.39, 0.29) is 27.3 Å². The van der Waals surface area contributed by atoms with Crippen molar-refractivity contribution >= 4 is 44.8 Å². The molecule has 6 nitrogen and oxygen atoms in total. The number of benzene rings is 3. The van der Waals surface area contributed by atoms with E-state index in [1.54, 1.807) is 18.2 Å². The molecule has 0 aliphatic heterocycles. The number of anilines is 1. The number of aryl methyl sites for hydroxylation is 1. The van der Waals surface area contributed by atoms with Gasteiger partial charge in [-0.15, -0.1) is 0 Å². The molecule has 0 radical (unpaired) electrons. The van der Waals surface area contributed by atoms with Crippen LogP contribution in [0, 0.1) is 11.8 Å². The predicted molar refractivity (Wildman–Crippen MR) is 178 cm³/mol. The van der Waals surface area contributed by atoms with Crippen LogP contribution in [0.15, 0.2) is 77.7 Å². The van der Waals surface area contributed by atoms with Crippen molar-refractivity contribution in [3.8, 4) is 0 Å². The summed E-state index contributed by atoms with van der Waals surface area (Å²) >= 11 is 12.0. The Morgan fingerprint density at radius 2 is 1.58 bits per heavy atom. The molecule has 0 saturated heterocycles. The summed E-state index contributed by atoms with van der Waals surface area (Å²) in [6.07, 6.45) is 8.17. The van der Waals surface area contributed by atoms with Crippen molar-refractivity contribution in [2.75, 3.05) is 32.0 Å². The van der Waals surface area contributed by atoms with E-state index in [0.717, 1.165) is 12.8 Å². The molecule has 1 fully saturated rings. The van der Waals surface area contributed by atoms with Gasteiger partial charge in [-0.25, -0.2) is 8.42 Å². The lowest BCUT2D eigenvalue weighted by atomic mass is 9.76. The number of nitrogens with one attached hydrogen (secondary N) is 1. The van der Waals surface area contributed by atoms with Crippen molar-refractivity contribution < 1.29 is 13.2 Å². The summed E-state index contributed by atoms with van der Waals surface area (Å²) < 4.78 is 27.8. The highest BCUT2D eigenvalue weighted by Gasteiger charge is 2.29. The zero-order chi connectivity index (χ0) is 31.0. The Balaban J connectivity index is 1.26. The topological polar surface area (TPSA) is 69.7 Å². The quantitative estimate of drug-likeness (QED) is 0.213. The van der Waals surface area contributed by atoms with Crippen LogP contribution in [-0.2, 0) is 27.7 Å². The van der Waals surface area contributed by atoms with Crippen LogP contribution in [0.3, 0.4) is 0 Å². The smallest absolute Gasteiger partial charge is 0.264 e. The second-order valence-corrected chi connectivity index (χ2v) is 14.6. The van der Waals surface area contributed by atoms with Crippen molar-refractivity contribution in [2.45, 2.75) is 62.3 Å². The molecule has 232 valence electrons. The van der Waals surface area contributed by atoms with Crippen LogP contribution < -0.4 is 9.62 Å². The molecule has 4 rings (SSSR count).